The Morgan fingerprint density at radius 2 is 1.97 bits per heavy atom. The zero-order valence-electron chi connectivity index (χ0n) is 19.9. The van der Waals surface area contributed by atoms with Crippen molar-refractivity contribution in [3.05, 3.63) is 71.2 Å². The van der Waals surface area contributed by atoms with Crippen LogP contribution in [-0.4, -0.2) is 54.8 Å². The summed E-state index contributed by atoms with van der Waals surface area (Å²) in [7, 11) is -3.58. The van der Waals surface area contributed by atoms with E-state index in [1.807, 2.05) is 51.2 Å². The molecule has 0 spiro atoms. The summed E-state index contributed by atoms with van der Waals surface area (Å²) in [5, 5.41) is 1.03. The Kier molecular flexibility index (Phi) is 6.00. The van der Waals surface area contributed by atoms with E-state index in [1.54, 1.807) is 8.61 Å². The largest absolute Gasteiger partial charge is 0.360 e. The van der Waals surface area contributed by atoms with Crippen LogP contribution in [0.25, 0.3) is 16.5 Å². The maximum Gasteiger partial charge on any atom is 0.304 e. The van der Waals surface area contributed by atoms with E-state index in [0.29, 0.717) is 19.6 Å². The lowest BCUT2D eigenvalue weighted by Crippen LogP contribution is -2.52. The Morgan fingerprint density at radius 3 is 2.71 bits per heavy atom. The third-order valence-corrected chi connectivity index (χ3v) is 9.10. The zero-order chi connectivity index (χ0) is 24.0. The molecule has 2 aromatic carbocycles. The smallest absolute Gasteiger partial charge is 0.304 e. The molecule has 1 aromatic heterocycles. The van der Waals surface area contributed by atoms with Crippen LogP contribution >= 0.6 is 0 Å². The second-order valence-corrected chi connectivity index (χ2v) is 11.3. The Morgan fingerprint density at radius 1 is 1.15 bits per heavy atom. The van der Waals surface area contributed by atoms with Crippen molar-refractivity contribution in [2.24, 2.45) is 0 Å². The fraction of sp³-hybridized carbons (Fsp3) is 0.385. The van der Waals surface area contributed by atoms with Crippen molar-refractivity contribution in [3.8, 4) is 0 Å². The quantitative estimate of drug-likeness (QED) is 0.575. The van der Waals surface area contributed by atoms with Gasteiger partial charge in [-0.1, -0.05) is 18.2 Å². The number of halogens is 1. The lowest BCUT2D eigenvalue weighted by molar-refractivity contribution is 0.305. The third kappa shape index (κ3) is 4.04. The fourth-order valence-corrected chi connectivity index (χ4v) is 6.86. The van der Waals surface area contributed by atoms with Gasteiger partial charge in [-0.25, -0.2) is 4.39 Å². The van der Waals surface area contributed by atoms with E-state index in [1.165, 1.54) is 17.7 Å². The molecule has 5 rings (SSSR count). The van der Waals surface area contributed by atoms with Gasteiger partial charge in [0.15, 0.2) is 0 Å². The van der Waals surface area contributed by atoms with Crippen LogP contribution in [0.3, 0.4) is 0 Å². The molecule has 0 unspecified atom stereocenters. The topological polar surface area (TPSA) is 59.7 Å². The van der Waals surface area contributed by atoms with Crippen LogP contribution in [-0.2, 0) is 16.8 Å². The molecule has 2 aliphatic rings. The fourth-order valence-electron chi connectivity index (χ4n) is 5.05. The summed E-state index contributed by atoms with van der Waals surface area (Å²) in [4.78, 5) is 5.46. The van der Waals surface area contributed by atoms with Crippen LogP contribution in [0.15, 0.2) is 48.7 Å². The summed E-state index contributed by atoms with van der Waals surface area (Å²) < 4.78 is 43.6. The van der Waals surface area contributed by atoms with Gasteiger partial charge in [-0.2, -0.15) is 12.7 Å². The zero-order valence-corrected chi connectivity index (χ0v) is 20.7. The number of hydrogen-bond acceptors (Lipinski definition) is 3. The van der Waals surface area contributed by atoms with Gasteiger partial charge in [0.1, 0.15) is 5.82 Å². The molecule has 3 aromatic rings. The van der Waals surface area contributed by atoms with Crippen molar-refractivity contribution in [2.45, 2.75) is 39.8 Å². The van der Waals surface area contributed by atoms with E-state index >= 15 is 0 Å². The number of nitrogens with zero attached hydrogens (tertiary/aromatic N) is 3. The molecule has 3 heterocycles. The van der Waals surface area contributed by atoms with Crippen molar-refractivity contribution in [2.75, 3.05) is 30.5 Å². The average Bonchev–Trinajstić information content (AvgIpc) is 3.21. The summed E-state index contributed by atoms with van der Waals surface area (Å²) >= 11 is 0. The van der Waals surface area contributed by atoms with E-state index in [-0.39, 0.29) is 11.9 Å². The number of hydrogen-bond donors (Lipinski definition) is 1. The number of anilines is 1. The summed E-state index contributed by atoms with van der Waals surface area (Å²) in [6.07, 6.45) is 5.02. The number of rotatable bonds is 5. The molecule has 6 nitrogen and oxygen atoms in total. The van der Waals surface area contributed by atoms with Crippen LogP contribution in [0.5, 0.6) is 0 Å². The molecular formula is C26H31FN4O2S. The van der Waals surface area contributed by atoms with E-state index < -0.39 is 10.2 Å². The molecule has 180 valence electrons. The Labute approximate surface area is 200 Å². The lowest BCUT2D eigenvalue weighted by Gasteiger charge is -2.40. The van der Waals surface area contributed by atoms with Gasteiger partial charge in [0.25, 0.3) is 0 Å². The Hall–Kier alpha value is -2.68. The van der Waals surface area contributed by atoms with Crippen LogP contribution in [0.2, 0.25) is 0 Å². The summed E-state index contributed by atoms with van der Waals surface area (Å²) in [5.74, 6) is -0.245. The molecule has 2 aliphatic heterocycles. The maximum atomic E-state index is 13.5. The van der Waals surface area contributed by atoms with Gasteiger partial charge in [0.2, 0.25) is 0 Å². The SMILES string of the molecule is Cc1cccc2c1CN(C(C)C)S(=O)(=O)N2CCN1CC=C(c2c[nH]c3cc(F)ccc23)CC1. The van der Waals surface area contributed by atoms with E-state index in [9.17, 15) is 12.8 Å². The van der Waals surface area contributed by atoms with Crippen LogP contribution in [0.4, 0.5) is 10.1 Å². The van der Waals surface area contributed by atoms with Gasteiger partial charge in [-0.05, 0) is 68.2 Å². The normalized spacial score (nSPS) is 19.0. The minimum absolute atomic E-state index is 0.106. The molecule has 8 heteroatoms. The molecule has 0 atom stereocenters. The molecule has 0 fully saturated rings. The molecule has 0 aliphatic carbocycles. The summed E-state index contributed by atoms with van der Waals surface area (Å²) in [6, 6.07) is 10.6. The summed E-state index contributed by atoms with van der Waals surface area (Å²) in [6.45, 7) is 8.99. The highest BCUT2D eigenvalue weighted by Crippen LogP contribution is 2.35. The van der Waals surface area contributed by atoms with Crippen LogP contribution in [0.1, 0.15) is 37.0 Å². The first-order valence-electron chi connectivity index (χ1n) is 11.8. The number of H-pyrrole nitrogens is 1. The number of aryl methyl sites for hydroxylation is 1. The molecule has 1 N–H and O–H groups in total. The van der Waals surface area contributed by atoms with Crippen molar-refractivity contribution in [1.29, 1.82) is 0 Å². The second kappa shape index (κ2) is 8.83. The molecular weight excluding hydrogens is 451 g/mol. The maximum absolute atomic E-state index is 13.5. The molecule has 0 saturated heterocycles. The minimum atomic E-state index is -3.58. The lowest BCUT2D eigenvalue weighted by atomic mass is 9.99. The van der Waals surface area contributed by atoms with Gasteiger partial charge in [0.05, 0.1) is 5.69 Å². The molecule has 34 heavy (non-hydrogen) atoms. The van der Waals surface area contributed by atoms with E-state index in [4.69, 9.17) is 0 Å². The third-order valence-electron chi connectivity index (χ3n) is 7.02. The Bertz CT molecular complexity index is 1360. The number of aromatic nitrogens is 1. The number of nitrogens with one attached hydrogen (secondary N) is 1. The van der Waals surface area contributed by atoms with Crippen molar-refractivity contribution < 1.29 is 12.8 Å². The highest BCUT2D eigenvalue weighted by atomic mass is 32.2. The average molecular weight is 483 g/mol. The monoisotopic (exact) mass is 482 g/mol. The second-order valence-electron chi connectivity index (χ2n) is 9.46. The number of benzene rings is 2. The van der Waals surface area contributed by atoms with E-state index in [2.05, 4.69) is 16.0 Å². The van der Waals surface area contributed by atoms with Crippen LogP contribution < -0.4 is 4.31 Å². The van der Waals surface area contributed by atoms with Gasteiger partial charge >= 0.3 is 10.2 Å². The first-order valence-corrected chi connectivity index (χ1v) is 13.2. The highest BCUT2D eigenvalue weighted by Gasteiger charge is 2.38. The van der Waals surface area contributed by atoms with Crippen molar-refractivity contribution in [3.63, 3.8) is 0 Å². The predicted molar refractivity (Wildman–Crippen MR) is 135 cm³/mol. The van der Waals surface area contributed by atoms with E-state index in [0.717, 1.165) is 52.8 Å². The van der Waals surface area contributed by atoms with Gasteiger partial charge in [-0.3, -0.25) is 9.21 Å². The molecule has 0 saturated carbocycles. The molecule has 0 bridgehead atoms. The molecule has 0 radical (unpaired) electrons. The predicted octanol–water partition coefficient (Wildman–Crippen LogP) is 4.68. The first kappa shape index (κ1) is 23.1. The standard InChI is InChI=1S/C26H31FN4O2S/c1-18(2)31-17-24-19(3)5-4-6-26(24)30(34(31,32)33)14-13-29-11-9-20(10-12-29)23-16-28-25-15-21(27)7-8-22(23)25/h4-9,15-16,18,28H,10-14,17H2,1-3H3. The van der Waals surface area contributed by atoms with Crippen molar-refractivity contribution >= 4 is 32.4 Å². The first-order chi connectivity index (χ1) is 16.3. The summed E-state index contributed by atoms with van der Waals surface area (Å²) in [5.41, 5.74) is 6.17. The van der Waals surface area contributed by atoms with Gasteiger partial charge in [0, 0.05) is 61.4 Å². The number of fused-ring (bicyclic) bond motifs is 2. The highest BCUT2D eigenvalue weighted by molar-refractivity contribution is 7.90. The minimum Gasteiger partial charge on any atom is -0.360 e. The van der Waals surface area contributed by atoms with Crippen LogP contribution in [0, 0.1) is 12.7 Å². The molecule has 0 amide bonds. The number of aromatic amines is 1. The van der Waals surface area contributed by atoms with Crippen molar-refractivity contribution in [1.82, 2.24) is 14.2 Å². The Balaban J connectivity index is 1.33. The van der Waals surface area contributed by atoms with Gasteiger partial charge < -0.3 is 4.98 Å². The van der Waals surface area contributed by atoms with Gasteiger partial charge in [-0.15, -0.1) is 0 Å².